The first-order chi connectivity index (χ1) is 10.2. The number of carbonyl (C=O) groups excluding carboxylic acids is 1. The monoisotopic (exact) mass is 284 g/mol. The van der Waals surface area contributed by atoms with E-state index in [1.165, 1.54) is 11.8 Å². The number of anilines is 1. The van der Waals surface area contributed by atoms with E-state index in [0.717, 1.165) is 18.5 Å². The molecule has 5 nitrogen and oxygen atoms in total. The molecule has 21 heavy (non-hydrogen) atoms. The zero-order chi connectivity index (χ0) is 15.1. The Hall–Kier alpha value is -2.43. The molecule has 0 aliphatic heterocycles. The lowest BCUT2D eigenvalue weighted by Crippen LogP contribution is -2.24. The van der Waals surface area contributed by atoms with E-state index in [4.69, 9.17) is 0 Å². The molecule has 1 aromatic carbocycles. The lowest BCUT2D eigenvalue weighted by molar-refractivity contribution is 0.0945. The van der Waals surface area contributed by atoms with Crippen LogP contribution in [0.5, 0.6) is 0 Å². The second-order valence-electron chi connectivity index (χ2n) is 4.62. The van der Waals surface area contributed by atoms with Crippen LogP contribution in [0.25, 0.3) is 0 Å². The highest BCUT2D eigenvalue weighted by atomic mass is 16.1. The Morgan fingerprint density at radius 1 is 1.14 bits per heavy atom. The summed E-state index contributed by atoms with van der Waals surface area (Å²) in [4.78, 5) is 20.4. The van der Waals surface area contributed by atoms with Gasteiger partial charge >= 0.3 is 0 Å². The molecule has 0 spiro atoms. The van der Waals surface area contributed by atoms with Crippen molar-refractivity contribution in [2.75, 3.05) is 11.9 Å². The van der Waals surface area contributed by atoms with E-state index >= 15 is 0 Å². The van der Waals surface area contributed by atoms with E-state index in [1.807, 2.05) is 25.1 Å². The summed E-state index contributed by atoms with van der Waals surface area (Å²) in [6.45, 7) is 5.31. The summed E-state index contributed by atoms with van der Waals surface area (Å²) < 4.78 is 0. The van der Waals surface area contributed by atoms with E-state index in [2.05, 4.69) is 33.6 Å². The molecule has 110 valence electrons. The fourth-order valence-electron chi connectivity index (χ4n) is 2.08. The molecule has 2 rings (SSSR count). The van der Waals surface area contributed by atoms with Crippen molar-refractivity contribution in [3.8, 4) is 0 Å². The first-order valence-electron chi connectivity index (χ1n) is 7.15. The average Bonchev–Trinajstić information content (AvgIpc) is 2.53. The van der Waals surface area contributed by atoms with Gasteiger partial charge in [-0.15, -0.1) is 0 Å². The second-order valence-corrected chi connectivity index (χ2v) is 4.62. The minimum Gasteiger partial charge on any atom is -0.369 e. The molecule has 0 fully saturated rings. The zero-order valence-corrected chi connectivity index (χ0v) is 12.4. The third-order valence-corrected chi connectivity index (χ3v) is 3.16. The average molecular weight is 284 g/mol. The van der Waals surface area contributed by atoms with Crippen molar-refractivity contribution in [2.24, 2.45) is 0 Å². The third-order valence-electron chi connectivity index (χ3n) is 3.16. The van der Waals surface area contributed by atoms with E-state index in [0.29, 0.717) is 18.1 Å². The maximum absolute atomic E-state index is 12.1. The first-order valence-corrected chi connectivity index (χ1v) is 7.15. The number of hydrogen-bond donors (Lipinski definition) is 2. The molecule has 0 unspecified atom stereocenters. The molecular weight excluding hydrogens is 264 g/mol. The van der Waals surface area contributed by atoms with Crippen molar-refractivity contribution in [1.82, 2.24) is 15.3 Å². The maximum Gasteiger partial charge on any atom is 0.271 e. The van der Waals surface area contributed by atoms with Gasteiger partial charge in [0.25, 0.3) is 5.91 Å². The van der Waals surface area contributed by atoms with E-state index < -0.39 is 0 Å². The van der Waals surface area contributed by atoms with Gasteiger partial charge < -0.3 is 10.6 Å². The summed E-state index contributed by atoms with van der Waals surface area (Å²) >= 11 is 0. The van der Waals surface area contributed by atoms with Crippen LogP contribution in [0.3, 0.4) is 0 Å². The Labute approximate surface area is 124 Å². The fraction of sp³-hybridized carbons (Fsp3) is 0.312. The standard InChI is InChI=1S/C16H20N4O/c1-3-12-7-5-6-8-13(12)9-19-16(21)14-10-17-11-15(20-14)18-4-2/h5-8,10-11H,3-4,9H2,1-2H3,(H,18,20)(H,19,21). The van der Waals surface area contributed by atoms with Crippen molar-refractivity contribution in [3.63, 3.8) is 0 Å². The molecule has 5 heteroatoms. The molecule has 0 saturated heterocycles. The van der Waals surface area contributed by atoms with Crippen LogP contribution in [-0.4, -0.2) is 22.4 Å². The Morgan fingerprint density at radius 3 is 2.62 bits per heavy atom. The Bertz CT molecular complexity index is 613. The topological polar surface area (TPSA) is 66.9 Å². The summed E-state index contributed by atoms with van der Waals surface area (Å²) in [6, 6.07) is 8.09. The van der Waals surface area contributed by atoms with Gasteiger partial charge in [-0.1, -0.05) is 31.2 Å². The summed E-state index contributed by atoms with van der Waals surface area (Å²) in [6.07, 6.45) is 4.02. The molecule has 1 aromatic heterocycles. The number of rotatable bonds is 6. The largest absolute Gasteiger partial charge is 0.369 e. The minimum atomic E-state index is -0.215. The highest BCUT2D eigenvalue weighted by Crippen LogP contribution is 2.09. The molecule has 0 radical (unpaired) electrons. The van der Waals surface area contributed by atoms with Crippen LogP contribution in [-0.2, 0) is 13.0 Å². The highest BCUT2D eigenvalue weighted by Gasteiger charge is 2.09. The van der Waals surface area contributed by atoms with Crippen molar-refractivity contribution < 1.29 is 4.79 Å². The van der Waals surface area contributed by atoms with Crippen LogP contribution < -0.4 is 10.6 Å². The van der Waals surface area contributed by atoms with Crippen molar-refractivity contribution >= 4 is 11.7 Å². The van der Waals surface area contributed by atoms with Gasteiger partial charge in [0, 0.05) is 13.1 Å². The Morgan fingerprint density at radius 2 is 1.90 bits per heavy atom. The zero-order valence-electron chi connectivity index (χ0n) is 12.4. The summed E-state index contributed by atoms with van der Waals surface area (Å²) in [5.74, 6) is 0.396. The molecule has 0 aliphatic carbocycles. The van der Waals surface area contributed by atoms with Crippen LogP contribution in [0.4, 0.5) is 5.82 Å². The summed E-state index contributed by atoms with van der Waals surface area (Å²) in [5.41, 5.74) is 2.69. The second kappa shape index (κ2) is 7.38. The van der Waals surface area contributed by atoms with E-state index in [9.17, 15) is 4.79 Å². The Balaban J connectivity index is 2.03. The van der Waals surface area contributed by atoms with Gasteiger partial charge in [-0.05, 0) is 24.5 Å². The van der Waals surface area contributed by atoms with Crippen LogP contribution >= 0.6 is 0 Å². The van der Waals surface area contributed by atoms with Crippen LogP contribution in [0, 0.1) is 0 Å². The molecular formula is C16H20N4O. The van der Waals surface area contributed by atoms with Gasteiger partial charge in [0.15, 0.2) is 0 Å². The predicted molar refractivity (Wildman–Crippen MR) is 83.2 cm³/mol. The molecule has 0 aliphatic rings. The lowest BCUT2D eigenvalue weighted by atomic mass is 10.1. The summed E-state index contributed by atoms with van der Waals surface area (Å²) in [7, 11) is 0. The van der Waals surface area contributed by atoms with E-state index in [-0.39, 0.29) is 5.91 Å². The molecule has 2 aromatic rings. The van der Waals surface area contributed by atoms with Crippen LogP contribution in [0.15, 0.2) is 36.7 Å². The number of aryl methyl sites for hydroxylation is 1. The highest BCUT2D eigenvalue weighted by molar-refractivity contribution is 5.92. The van der Waals surface area contributed by atoms with Crippen molar-refractivity contribution in [3.05, 3.63) is 53.5 Å². The Kier molecular flexibility index (Phi) is 5.26. The molecule has 0 atom stereocenters. The van der Waals surface area contributed by atoms with Gasteiger partial charge in [-0.25, -0.2) is 4.98 Å². The van der Waals surface area contributed by atoms with Crippen molar-refractivity contribution in [1.29, 1.82) is 0 Å². The minimum absolute atomic E-state index is 0.215. The van der Waals surface area contributed by atoms with E-state index in [1.54, 1.807) is 6.20 Å². The number of nitrogens with zero attached hydrogens (tertiary/aromatic N) is 2. The summed E-state index contributed by atoms with van der Waals surface area (Å²) in [5, 5.41) is 5.93. The molecule has 1 heterocycles. The number of aromatic nitrogens is 2. The molecule has 0 saturated carbocycles. The quantitative estimate of drug-likeness (QED) is 0.855. The number of benzene rings is 1. The third kappa shape index (κ3) is 4.02. The van der Waals surface area contributed by atoms with Gasteiger partial charge in [0.05, 0.1) is 12.4 Å². The van der Waals surface area contributed by atoms with Crippen LogP contribution in [0.2, 0.25) is 0 Å². The first kappa shape index (κ1) is 15.0. The molecule has 2 N–H and O–H groups in total. The number of hydrogen-bond acceptors (Lipinski definition) is 4. The van der Waals surface area contributed by atoms with Crippen LogP contribution in [0.1, 0.15) is 35.5 Å². The van der Waals surface area contributed by atoms with Gasteiger partial charge in [0.2, 0.25) is 0 Å². The fourth-order valence-corrected chi connectivity index (χ4v) is 2.08. The normalized spacial score (nSPS) is 10.2. The smallest absolute Gasteiger partial charge is 0.271 e. The van der Waals surface area contributed by atoms with Crippen molar-refractivity contribution in [2.45, 2.75) is 26.8 Å². The predicted octanol–water partition coefficient (Wildman–Crippen LogP) is 2.40. The SMILES string of the molecule is CCNc1cncc(C(=O)NCc2ccccc2CC)n1. The van der Waals surface area contributed by atoms with Gasteiger partial charge in [-0.2, -0.15) is 0 Å². The number of nitrogens with one attached hydrogen (secondary N) is 2. The molecule has 0 bridgehead atoms. The van der Waals surface area contributed by atoms with Gasteiger partial charge in [-0.3, -0.25) is 9.78 Å². The number of carbonyl (C=O) groups is 1. The molecule has 1 amide bonds. The lowest BCUT2D eigenvalue weighted by Gasteiger charge is -2.09. The maximum atomic E-state index is 12.1. The number of amides is 1. The van der Waals surface area contributed by atoms with Gasteiger partial charge in [0.1, 0.15) is 11.5 Å².